The fraction of sp³-hybridized carbons (Fsp3) is 1.00. The molecule has 1 aliphatic carbocycles. The van der Waals surface area contributed by atoms with Gasteiger partial charge in [0.25, 0.3) is 0 Å². The predicted molar refractivity (Wildman–Crippen MR) is 61.1 cm³/mol. The van der Waals surface area contributed by atoms with Crippen LogP contribution in [0, 0.1) is 22.7 Å². The zero-order chi connectivity index (χ0) is 13.0. The molecule has 94 valence electrons. The van der Waals surface area contributed by atoms with E-state index >= 15 is 0 Å². The van der Waals surface area contributed by atoms with E-state index in [1.165, 1.54) is 19.3 Å². The van der Waals surface area contributed by atoms with Gasteiger partial charge < -0.3 is 0 Å². The maximum absolute atomic E-state index is 8.50. The van der Waals surface area contributed by atoms with Gasteiger partial charge in [-0.2, -0.15) is 0 Å². The van der Waals surface area contributed by atoms with Crippen molar-refractivity contribution < 1.29 is 25.7 Å². The molecule has 2 nitrogen and oxygen atoms in total. The van der Waals surface area contributed by atoms with Gasteiger partial charge in [0.2, 0.25) is 0 Å². The van der Waals surface area contributed by atoms with Gasteiger partial charge in [0.15, 0.2) is 0 Å². The van der Waals surface area contributed by atoms with Crippen LogP contribution in [0.4, 0.5) is 0 Å². The Labute approximate surface area is 109 Å². The molecule has 0 spiro atoms. The van der Waals surface area contributed by atoms with Gasteiger partial charge in [0, 0.05) is 0 Å². The molecule has 2 unspecified atom stereocenters. The van der Waals surface area contributed by atoms with Crippen molar-refractivity contribution in [3.05, 3.63) is 0 Å². The molecular weight excluding hydrogens is 236 g/mol. The molecular formula is C13H26O2Ti. The second-order valence-corrected chi connectivity index (χ2v) is 7.32. The van der Waals surface area contributed by atoms with Gasteiger partial charge in [-0.25, -0.2) is 0 Å². The Morgan fingerprint density at radius 2 is 1.56 bits per heavy atom. The first-order valence-corrected chi connectivity index (χ1v) is 7.39. The minimum absolute atomic E-state index is 0.506. The van der Waals surface area contributed by atoms with E-state index in [1.54, 1.807) is 0 Å². The second-order valence-electron chi connectivity index (χ2n) is 7.06. The zero-order valence-corrected chi connectivity index (χ0v) is 13.2. The van der Waals surface area contributed by atoms with Crippen LogP contribution in [0.5, 0.6) is 0 Å². The van der Waals surface area contributed by atoms with Crippen molar-refractivity contribution in [2.75, 3.05) is 0 Å². The summed E-state index contributed by atoms with van der Waals surface area (Å²) in [5.41, 5.74) is 1.08. The molecule has 2 atom stereocenters. The zero-order valence-electron chi connectivity index (χ0n) is 11.6. The molecule has 1 rings (SSSR count). The molecule has 0 aromatic carbocycles. The van der Waals surface area contributed by atoms with E-state index in [0.717, 1.165) is 11.8 Å². The first-order valence-electron chi connectivity index (χ1n) is 6.11. The fourth-order valence-corrected chi connectivity index (χ4v) is 3.01. The van der Waals surface area contributed by atoms with Gasteiger partial charge in [0.05, 0.1) is 0 Å². The molecule has 0 aromatic rings. The van der Waals surface area contributed by atoms with Crippen LogP contribution in [0.15, 0.2) is 0 Å². The van der Waals surface area contributed by atoms with Crippen LogP contribution < -0.4 is 0 Å². The minimum atomic E-state index is -2.00. The molecule has 0 saturated heterocycles. The maximum atomic E-state index is 8.50. The van der Waals surface area contributed by atoms with Crippen molar-refractivity contribution in [3.8, 4) is 0 Å². The molecule has 1 aliphatic rings. The third-order valence-electron chi connectivity index (χ3n) is 3.61. The summed E-state index contributed by atoms with van der Waals surface area (Å²) in [6, 6.07) is 0. The second kappa shape index (κ2) is 6.30. The Balaban J connectivity index is 0.000000673. The Morgan fingerprint density at radius 1 is 1.12 bits per heavy atom. The van der Waals surface area contributed by atoms with Crippen molar-refractivity contribution in [1.29, 1.82) is 0 Å². The third kappa shape index (κ3) is 6.15. The van der Waals surface area contributed by atoms with Crippen molar-refractivity contribution in [2.45, 2.75) is 60.8 Å². The Bertz CT molecular complexity index is 247. The fourth-order valence-electron chi connectivity index (χ4n) is 3.01. The van der Waals surface area contributed by atoms with Crippen molar-refractivity contribution >= 4 is 0 Å². The van der Waals surface area contributed by atoms with Gasteiger partial charge in [-0.3, -0.25) is 0 Å². The van der Waals surface area contributed by atoms with E-state index < -0.39 is 19.1 Å². The molecule has 0 bridgehead atoms. The molecule has 16 heavy (non-hydrogen) atoms. The van der Waals surface area contributed by atoms with E-state index in [1.807, 2.05) is 0 Å². The average molecular weight is 262 g/mol. The Kier molecular flexibility index (Phi) is 6.43. The molecule has 1 fully saturated rings. The van der Waals surface area contributed by atoms with Crippen molar-refractivity contribution in [1.82, 2.24) is 0 Å². The summed E-state index contributed by atoms with van der Waals surface area (Å²) < 4.78 is 17.0. The molecule has 1 saturated carbocycles. The van der Waals surface area contributed by atoms with E-state index in [9.17, 15) is 0 Å². The van der Waals surface area contributed by atoms with Gasteiger partial charge in [-0.15, -0.1) is 0 Å². The van der Waals surface area contributed by atoms with E-state index in [4.69, 9.17) is 6.65 Å². The van der Waals surface area contributed by atoms with Gasteiger partial charge >= 0.3 is 25.7 Å². The first-order chi connectivity index (χ1) is 7.12. The van der Waals surface area contributed by atoms with Crippen LogP contribution in [-0.4, -0.2) is 0 Å². The van der Waals surface area contributed by atoms with E-state index in [0.29, 0.717) is 10.8 Å². The van der Waals surface area contributed by atoms with Crippen LogP contribution in [0.2, 0.25) is 0 Å². The summed E-state index contributed by atoms with van der Waals surface area (Å²) in [4.78, 5) is 0. The molecule has 0 amide bonds. The SMILES string of the molecule is CC1CC(C(C)(C)C)CC(C)(C)C1.[O]=[Ti]=[O]. The van der Waals surface area contributed by atoms with Crippen LogP contribution in [0.1, 0.15) is 60.8 Å². The van der Waals surface area contributed by atoms with Crippen LogP contribution in [-0.2, 0) is 25.7 Å². The van der Waals surface area contributed by atoms with Crippen LogP contribution in [0.25, 0.3) is 0 Å². The standard InChI is InChI=1S/C13H26.2O.Ti/c1-10-7-11(12(2,3)4)9-13(5,6)8-10;;;/h10-11H,7-9H2,1-6H3;;;. The monoisotopic (exact) mass is 262 g/mol. The predicted octanol–water partition coefficient (Wildman–Crippen LogP) is 4.25. The molecule has 0 heterocycles. The summed E-state index contributed by atoms with van der Waals surface area (Å²) in [5, 5.41) is 0. The van der Waals surface area contributed by atoms with Gasteiger partial charge in [0.1, 0.15) is 0 Å². The van der Waals surface area contributed by atoms with E-state index in [-0.39, 0.29) is 0 Å². The van der Waals surface area contributed by atoms with Gasteiger partial charge in [-0.05, 0) is 41.9 Å². The molecule has 0 radical (unpaired) electrons. The Hall–Kier alpha value is 0.314. The van der Waals surface area contributed by atoms with E-state index in [2.05, 4.69) is 41.5 Å². The first kappa shape index (κ1) is 16.3. The molecule has 3 heteroatoms. The summed E-state index contributed by atoms with van der Waals surface area (Å²) >= 11 is -2.00. The summed E-state index contributed by atoms with van der Waals surface area (Å²) in [6.07, 6.45) is 4.27. The average Bonchev–Trinajstić information content (AvgIpc) is 1.99. The third-order valence-corrected chi connectivity index (χ3v) is 3.61. The molecule has 0 aliphatic heterocycles. The molecule has 0 N–H and O–H groups in total. The van der Waals surface area contributed by atoms with Gasteiger partial charge in [-0.1, -0.05) is 41.5 Å². The molecule has 0 aromatic heterocycles. The quantitative estimate of drug-likeness (QED) is 0.611. The van der Waals surface area contributed by atoms with Crippen LogP contribution >= 0.6 is 0 Å². The summed E-state index contributed by atoms with van der Waals surface area (Å²) in [6.45, 7) is 14.5. The van der Waals surface area contributed by atoms with Crippen molar-refractivity contribution in [2.24, 2.45) is 22.7 Å². The number of hydrogen-bond donors (Lipinski definition) is 0. The van der Waals surface area contributed by atoms with Crippen LogP contribution in [0.3, 0.4) is 0 Å². The topological polar surface area (TPSA) is 34.1 Å². The summed E-state index contributed by atoms with van der Waals surface area (Å²) in [5.74, 6) is 1.85. The van der Waals surface area contributed by atoms with Crippen molar-refractivity contribution in [3.63, 3.8) is 0 Å². The summed E-state index contributed by atoms with van der Waals surface area (Å²) in [7, 11) is 0. The normalized spacial score (nSPS) is 28.6. The Morgan fingerprint density at radius 3 is 1.88 bits per heavy atom. The number of hydrogen-bond acceptors (Lipinski definition) is 2. The number of rotatable bonds is 0.